The molecule has 0 aliphatic carbocycles. The van der Waals surface area contributed by atoms with Gasteiger partial charge in [0.2, 0.25) is 0 Å². The first-order valence-corrected chi connectivity index (χ1v) is 19.5. The molecule has 2 aliphatic rings. The highest BCUT2D eigenvalue weighted by atomic mass is 32.2. The van der Waals surface area contributed by atoms with Crippen molar-refractivity contribution in [1.29, 1.82) is 0 Å². The van der Waals surface area contributed by atoms with Crippen molar-refractivity contribution in [3.05, 3.63) is 82.4 Å². The van der Waals surface area contributed by atoms with Gasteiger partial charge in [0.15, 0.2) is 5.60 Å². The first-order chi connectivity index (χ1) is 21.7. The minimum absolute atomic E-state index is 0.0380. The first-order valence-electron chi connectivity index (χ1n) is 13.6. The molecule has 0 aromatic heterocycles. The van der Waals surface area contributed by atoms with Gasteiger partial charge in [-0.1, -0.05) is 25.2 Å². The van der Waals surface area contributed by atoms with Crippen LogP contribution in [0.5, 0.6) is 11.5 Å². The van der Waals surface area contributed by atoms with E-state index in [1.54, 1.807) is 33.9 Å². The molecule has 0 fully saturated rings. The Balaban J connectivity index is 1.81. The SMILES string of the molecule is CC(C)(C)OC(=O)c1ccc2c(c1)C1(OC2=O)c2ccc(OS(=O)(=O)C(F)(F)F)cc2[Si](C)(C)c2cc(OS(=O)(=O)C(F)(F)F)ccc21. The lowest BCUT2D eigenvalue weighted by atomic mass is 9.78. The lowest BCUT2D eigenvalue weighted by Gasteiger charge is -2.43. The molecule has 3 aromatic rings. The van der Waals surface area contributed by atoms with Gasteiger partial charge in [0.1, 0.15) is 25.2 Å². The number of alkyl halides is 6. The van der Waals surface area contributed by atoms with Crippen molar-refractivity contribution in [3.8, 4) is 11.5 Å². The maximum Gasteiger partial charge on any atom is 0.534 e. The summed E-state index contributed by atoms with van der Waals surface area (Å²) < 4.78 is 147. The van der Waals surface area contributed by atoms with Gasteiger partial charge in [0, 0.05) is 16.7 Å². The molecule has 0 N–H and O–H groups in total. The molecule has 258 valence electrons. The number of rotatable bonds is 5. The molecule has 0 bridgehead atoms. The minimum atomic E-state index is -6.15. The molecule has 48 heavy (non-hydrogen) atoms. The molecular weight excluding hydrogens is 715 g/mol. The number of carbonyl (C=O) groups excluding carboxylic acids is 2. The number of ether oxygens (including phenoxy) is 2. The zero-order chi connectivity index (χ0) is 36.0. The van der Waals surface area contributed by atoms with Crippen LogP contribution in [0.4, 0.5) is 26.3 Å². The van der Waals surface area contributed by atoms with Crippen molar-refractivity contribution >= 4 is 50.6 Å². The van der Waals surface area contributed by atoms with Crippen LogP contribution in [0, 0.1) is 0 Å². The number of carbonyl (C=O) groups is 2. The lowest BCUT2D eigenvalue weighted by Crippen LogP contribution is -2.63. The van der Waals surface area contributed by atoms with Crippen LogP contribution < -0.4 is 18.7 Å². The van der Waals surface area contributed by atoms with E-state index in [1.807, 2.05) is 0 Å². The molecular formula is C29H24F6O10S2Si. The van der Waals surface area contributed by atoms with Crippen molar-refractivity contribution < 1.29 is 70.6 Å². The third-order valence-corrected chi connectivity index (χ3v) is 13.0. The molecule has 0 unspecified atom stereocenters. The second-order valence-electron chi connectivity index (χ2n) is 12.3. The summed E-state index contributed by atoms with van der Waals surface area (Å²) >= 11 is 0. The van der Waals surface area contributed by atoms with Gasteiger partial charge in [-0.05, 0) is 73.6 Å². The van der Waals surface area contributed by atoms with Crippen LogP contribution in [-0.4, -0.2) is 53.5 Å². The van der Waals surface area contributed by atoms with Gasteiger partial charge in [-0.15, -0.1) is 0 Å². The summed E-state index contributed by atoms with van der Waals surface area (Å²) in [6.45, 7) is 8.00. The van der Waals surface area contributed by atoms with E-state index in [-0.39, 0.29) is 38.2 Å². The zero-order valence-electron chi connectivity index (χ0n) is 25.4. The molecule has 0 radical (unpaired) electrons. The van der Waals surface area contributed by atoms with Crippen molar-refractivity contribution in [2.45, 2.75) is 56.1 Å². The first kappa shape index (κ1) is 35.2. The maximum atomic E-state index is 13.4. The van der Waals surface area contributed by atoms with E-state index in [4.69, 9.17) is 9.47 Å². The third-order valence-electron chi connectivity index (χ3n) is 7.57. The van der Waals surface area contributed by atoms with Crippen LogP contribution in [0.15, 0.2) is 54.6 Å². The number of halogens is 6. The summed E-state index contributed by atoms with van der Waals surface area (Å²) in [5.41, 5.74) is -14.4. The van der Waals surface area contributed by atoms with Crippen molar-refractivity contribution in [2.24, 2.45) is 0 Å². The van der Waals surface area contributed by atoms with Gasteiger partial charge >= 0.3 is 43.2 Å². The molecule has 2 heterocycles. The van der Waals surface area contributed by atoms with Crippen LogP contribution in [0.25, 0.3) is 0 Å². The maximum absolute atomic E-state index is 13.4. The highest BCUT2D eigenvalue weighted by molar-refractivity contribution is 7.88. The Labute approximate surface area is 270 Å². The number of esters is 2. The van der Waals surface area contributed by atoms with E-state index in [0.29, 0.717) is 0 Å². The Hall–Kier alpha value is -4.10. The second-order valence-corrected chi connectivity index (χ2v) is 19.7. The van der Waals surface area contributed by atoms with E-state index in [1.165, 1.54) is 30.3 Å². The fourth-order valence-electron chi connectivity index (χ4n) is 5.56. The molecule has 3 aromatic carbocycles. The van der Waals surface area contributed by atoms with E-state index in [9.17, 15) is 52.8 Å². The smallest absolute Gasteiger partial charge is 0.456 e. The highest BCUT2D eigenvalue weighted by Gasteiger charge is 2.57. The molecule has 0 saturated heterocycles. The predicted octanol–water partition coefficient (Wildman–Crippen LogP) is 4.70. The normalized spacial score (nSPS) is 16.8. The average molecular weight is 739 g/mol. The van der Waals surface area contributed by atoms with Crippen LogP contribution in [0.2, 0.25) is 13.1 Å². The molecule has 10 nitrogen and oxygen atoms in total. The Morgan fingerprint density at radius 1 is 0.729 bits per heavy atom. The quantitative estimate of drug-likeness (QED) is 0.119. The van der Waals surface area contributed by atoms with E-state index >= 15 is 0 Å². The molecule has 0 atom stereocenters. The minimum Gasteiger partial charge on any atom is -0.456 e. The second kappa shape index (κ2) is 10.7. The standard InChI is InChI=1S/C29H24F6O10S2Si/c1-26(2,3)42-24(36)15-6-9-18-21(12-15)27(43-25(18)37)19-10-7-16(44-46(38,39)28(30,31)32)13-22(19)48(4,5)23-14-17(8-11-20(23)27)45-47(40,41)29(33,34)35/h6-14H,1-5H3. The Bertz CT molecular complexity index is 2000. The topological polar surface area (TPSA) is 139 Å². The average Bonchev–Trinajstić information content (AvgIpc) is 3.21. The summed E-state index contributed by atoms with van der Waals surface area (Å²) in [6, 6.07) is 9.96. The van der Waals surface area contributed by atoms with Gasteiger partial charge < -0.3 is 17.8 Å². The van der Waals surface area contributed by atoms with Gasteiger partial charge in [-0.25, -0.2) is 9.59 Å². The van der Waals surface area contributed by atoms with Crippen LogP contribution >= 0.6 is 0 Å². The predicted molar refractivity (Wildman–Crippen MR) is 158 cm³/mol. The van der Waals surface area contributed by atoms with E-state index in [0.717, 1.165) is 24.3 Å². The summed E-state index contributed by atoms with van der Waals surface area (Å²) in [4.78, 5) is 26.4. The Morgan fingerprint density at radius 2 is 1.19 bits per heavy atom. The van der Waals surface area contributed by atoms with Gasteiger partial charge in [-0.2, -0.15) is 43.2 Å². The van der Waals surface area contributed by atoms with Gasteiger partial charge in [0.25, 0.3) is 0 Å². The Morgan fingerprint density at radius 3 is 1.60 bits per heavy atom. The lowest BCUT2D eigenvalue weighted by molar-refractivity contribution is -0.0504. The zero-order valence-corrected chi connectivity index (χ0v) is 28.0. The number of benzene rings is 3. The van der Waals surface area contributed by atoms with Crippen molar-refractivity contribution in [1.82, 2.24) is 0 Å². The molecule has 0 amide bonds. The molecule has 5 rings (SSSR count). The summed E-state index contributed by atoms with van der Waals surface area (Å²) in [5.74, 6) is -3.29. The van der Waals surface area contributed by atoms with E-state index in [2.05, 4.69) is 8.37 Å². The van der Waals surface area contributed by atoms with Crippen molar-refractivity contribution in [2.75, 3.05) is 0 Å². The summed E-state index contributed by atoms with van der Waals surface area (Å²) in [7, 11) is -15.7. The number of hydrogen-bond acceptors (Lipinski definition) is 10. The number of fused-ring (bicyclic) bond motifs is 6. The third kappa shape index (κ3) is 5.70. The van der Waals surface area contributed by atoms with Crippen LogP contribution in [0.3, 0.4) is 0 Å². The monoisotopic (exact) mass is 738 g/mol. The number of hydrogen-bond donors (Lipinski definition) is 0. The highest BCUT2D eigenvalue weighted by Crippen LogP contribution is 2.50. The van der Waals surface area contributed by atoms with Crippen molar-refractivity contribution in [3.63, 3.8) is 0 Å². The van der Waals surface area contributed by atoms with E-state index < -0.39 is 74.0 Å². The van der Waals surface area contributed by atoms with Crippen LogP contribution in [0.1, 0.15) is 58.2 Å². The molecule has 1 spiro atoms. The molecule has 19 heteroatoms. The fourth-order valence-corrected chi connectivity index (χ4v) is 9.63. The Kier molecular flexibility index (Phi) is 7.85. The summed E-state index contributed by atoms with van der Waals surface area (Å²) in [6.07, 6.45) is 0. The van der Waals surface area contributed by atoms with Gasteiger partial charge in [-0.3, -0.25) is 0 Å². The summed E-state index contributed by atoms with van der Waals surface area (Å²) in [5, 5.41) is 0.202. The van der Waals surface area contributed by atoms with Crippen LogP contribution in [-0.2, 0) is 35.3 Å². The van der Waals surface area contributed by atoms with Gasteiger partial charge in [0.05, 0.1) is 11.1 Å². The fraction of sp³-hybridized carbons (Fsp3) is 0.310. The molecule has 0 saturated carbocycles. The largest absolute Gasteiger partial charge is 0.534 e. The molecule has 2 aliphatic heterocycles.